The van der Waals surface area contributed by atoms with E-state index in [1.54, 1.807) is 6.07 Å². The Hall–Kier alpha value is -2.41. The van der Waals surface area contributed by atoms with Crippen molar-refractivity contribution in [3.8, 4) is 0 Å². The molecule has 23 heavy (non-hydrogen) atoms. The van der Waals surface area contributed by atoms with Crippen molar-refractivity contribution in [1.29, 1.82) is 5.53 Å². The molecule has 0 bridgehead atoms. The van der Waals surface area contributed by atoms with Gasteiger partial charge in [0.2, 0.25) is 0 Å². The molecule has 0 amide bonds. The van der Waals surface area contributed by atoms with Crippen molar-refractivity contribution in [3.63, 3.8) is 0 Å². The van der Waals surface area contributed by atoms with Crippen LogP contribution < -0.4 is 15.5 Å². The number of hydrogen-bond donors (Lipinski definition) is 2. The van der Waals surface area contributed by atoms with Gasteiger partial charge in [0.15, 0.2) is 17.7 Å². The second kappa shape index (κ2) is 5.66. The molecule has 3 atom stereocenters. The summed E-state index contributed by atoms with van der Waals surface area (Å²) >= 11 is 0. The zero-order chi connectivity index (χ0) is 15.8. The van der Waals surface area contributed by atoms with Crippen molar-refractivity contribution in [2.24, 2.45) is 22.7 Å². The van der Waals surface area contributed by atoms with Gasteiger partial charge in [0.05, 0.1) is 0 Å². The highest BCUT2D eigenvalue weighted by molar-refractivity contribution is 5.49. The number of nitrogens with zero attached hydrogens (tertiary/aromatic N) is 4. The zero-order valence-corrected chi connectivity index (χ0v) is 12.8. The van der Waals surface area contributed by atoms with E-state index in [2.05, 4.69) is 50.4 Å². The smallest absolute Gasteiger partial charge is 0.179 e. The Bertz CT molecular complexity index is 673. The second-order valence-corrected chi connectivity index (χ2v) is 6.33. The molecule has 3 N–H and O–H groups in total. The first-order valence-corrected chi connectivity index (χ1v) is 7.88. The third-order valence-corrected chi connectivity index (χ3v) is 4.88. The molecular weight excluding hydrogens is 292 g/mol. The molecule has 3 unspecified atom stereocenters. The quantitative estimate of drug-likeness (QED) is 0.844. The highest BCUT2D eigenvalue weighted by atomic mass is 16.5. The van der Waals surface area contributed by atoms with Crippen LogP contribution in [0.2, 0.25) is 0 Å². The van der Waals surface area contributed by atoms with Crippen molar-refractivity contribution >= 4 is 11.5 Å². The molecule has 7 heteroatoms. The highest BCUT2D eigenvalue weighted by Gasteiger charge is 2.41. The SMILES string of the molecule is N=NC(N)c1cc(N2CC3CN(c4ccccc4)CC3C2)no1. The molecule has 2 aliphatic heterocycles. The minimum atomic E-state index is -0.757. The minimum absolute atomic E-state index is 0.443. The lowest BCUT2D eigenvalue weighted by atomic mass is 10.0. The number of hydrogen-bond acceptors (Lipinski definition) is 7. The molecule has 0 saturated carbocycles. The normalized spacial score (nSPS) is 24.7. The van der Waals surface area contributed by atoms with Gasteiger partial charge in [-0.1, -0.05) is 23.4 Å². The van der Waals surface area contributed by atoms with Crippen LogP contribution in [0.3, 0.4) is 0 Å². The Balaban J connectivity index is 1.42. The van der Waals surface area contributed by atoms with Crippen molar-refractivity contribution in [2.75, 3.05) is 36.0 Å². The fourth-order valence-electron chi connectivity index (χ4n) is 3.66. The monoisotopic (exact) mass is 312 g/mol. The van der Waals surface area contributed by atoms with Gasteiger partial charge in [0.1, 0.15) is 0 Å². The number of benzene rings is 1. The van der Waals surface area contributed by atoms with Gasteiger partial charge in [-0.15, -0.1) is 0 Å². The predicted molar refractivity (Wildman–Crippen MR) is 86.4 cm³/mol. The van der Waals surface area contributed by atoms with E-state index in [0.29, 0.717) is 17.6 Å². The van der Waals surface area contributed by atoms with E-state index in [9.17, 15) is 0 Å². The van der Waals surface area contributed by atoms with E-state index in [0.717, 1.165) is 32.0 Å². The van der Waals surface area contributed by atoms with Crippen LogP contribution in [0.4, 0.5) is 11.5 Å². The Labute approximate surface area is 134 Å². The largest absolute Gasteiger partial charge is 0.371 e. The molecular formula is C16H20N6O. The lowest BCUT2D eigenvalue weighted by molar-refractivity contribution is 0.360. The maximum absolute atomic E-state index is 6.96. The van der Waals surface area contributed by atoms with E-state index in [1.165, 1.54) is 5.69 Å². The standard InChI is InChI=1S/C16H20N6O/c17-16(19-18)14-6-15(20-23-14)22-9-11-7-21(8-12(11)10-22)13-4-2-1-3-5-13/h1-6,11-12,16,18H,7-10,17H2. The molecule has 3 heterocycles. The van der Waals surface area contributed by atoms with E-state index < -0.39 is 6.17 Å². The summed E-state index contributed by atoms with van der Waals surface area (Å²) in [6.45, 7) is 4.12. The highest BCUT2D eigenvalue weighted by Crippen LogP contribution is 2.36. The van der Waals surface area contributed by atoms with Gasteiger partial charge in [0, 0.05) is 49.8 Å². The fourth-order valence-corrected chi connectivity index (χ4v) is 3.66. The lowest BCUT2D eigenvalue weighted by Gasteiger charge is -2.22. The second-order valence-electron chi connectivity index (χ2n) is 6.33. The van der Waals surface area contributed by atoms with Gasteiger partial charge in [0.25, 0.3) is 0 Å². The number of anilines is 2. The predicted octanol–water partition coefficient (Wildman–Crippen LogP) is 2.24. The third-order valence-electron chi connectivity index (χ3n) is 4.88. The first kappa shape index (κ1) is 14.2. The molecule has 120 valence electrons. The number of aromatic nitrogens is 1. The van der Waals surface area contributed by atoms with Crippen molar-refractivity contribution in [1.82, 2.24) is 5.16 Å². The molecule has 0 aliphatic carbocycles. The van der Waals surface area contributed by atoms with E-state index in [-0.39, 0.29) is 0 Å². The first-order chi connectivity index (χ1) is 11.2. The first-order valence-electron chi connectivity index (χ1n) is 7.88. The summed E-state index contributed by atoms with van der Waals surface area (Å²) in [5, 5.41) is 7.35. The number of nitrogens with two attached hydrogens (primary N) is 1. The summed E-state index contributed by atoms with van der Waals surface area (Å²) in [4.78, 5) is 4.72. The molecule has 2 fully saturated rings. The molecule has 4 rings (SSSR count). The van der Waals surface area contributed by atoms with Crippen LogP contribution in [-0.4, -0.2) is 31.3 Å². The van der Waals surface area contributed by atoms with Crippen LogP contribution in [0.1, 0.15) is 11.9 Å². The molecule has 2 aliphatic rings. The summed E-state index contributed by atoms with van der Waals surface area (Å²) in [6, 6.07) is 12.4. The summed E-state index contributed by atoms with van der Waals surface area (Å²) in [5.74, 6) is 2.53. The van der Waals surface area contributed by atoms with E-state index in [1.807, 2.05) is 0 Å². The Kier molecular flexibility index (Phi) is 3.49. The summed E-state index contributed by atoms with van der Waals surface area (Å²) < 4.78 is 5.20. The van der Waals surface area contributed by atoms with E-state index >= 15 is 0 Å². The molecule has 1 aromatic heterocycles. The maximum atomic E-state index is 6.96. The number of rotatable bonds is 4. The van der Waals surface area contributed by atoms with Gasteiger partial charge in [-0.25, -0.2) is 5.53 Å². The van der Waals surface area contributed by atoms with Gasteiger partial charge in [-0.2, -0.15) is 5.11 Å². The van der Waals surface area contributed by atoms with Crippen LogP contribution in [-0.2, 0) is 0 Å². The van der Waals surface area contributed by atoms with Crippen LogP contribution >= 0.6 is 0 Å². The Morgan fingerprint density at radius 3 is 2.43 bits per heavy atom. The van der Waals surface area contributed by atoms with Crippen LogP contribution in [0, 0.1) is 17.4 Å². The van der Waals surface area contributed by atoms with Crippen LogP contribution in [0.5, 0.6) is 0 Å². The molecule has 0 radical (unpaired) electrons. The molecule has 1 aromatic carbocycles. The topological polar surface area (TPSA) is 94.7 Å². The Morgan fingerprint density at radius 2 is 1.78 bits per heavy atom. The van der Waals surface area contributed by atoms with Crippen LogP contribution in [0.15, 0.2) is 46.0 Å². The number of nitrogens with one attached hydrogen (secondary N) is 1. The third kappa shape index (κ3) is 2.57. The average Bonchev–Trinajstić information content (AvgIpc) is 3.28. The van der Waals surface area contributed by atoms with Gasteiger partial charge in [-0.3, -0.25) is 0 Å². The molecule has 7 nitrogen and oxygen atoms in total. The Morgan fingerprint density at radius 1 is 1.13 bits per heavy atom. The zero-order valence-electron chi connectivity index (χ0n) is 12.8. The van der Waals surface area contributed by atoms with Crippen molar-refractivity contribution in [2.45, 2.75) is 6.17 Å². The molecule has 2 saturated heterocycles. The van der Waals surface area contributed by atoms with Gasteiger partial charge in [-0.05, 0) is 12.1 Å². The van der Waals surface area contributed by atoms with Crippen molar-refractivity contribution in [3.05, 3.63) is 42.2 Å². The molecule has 0 spiro atoms. The maximum Gasteiger partial charge on any atom is 0.179 e. The minimum Gasteiger partial charge on any atom is -0.371 e. The summed E-state index contributed by atoms with van der Waals surface area (Å²) in [5.41, 5.74) is 13.9. The number of para-hydroxylation sites is 1. The lowest BCUT2D eigenvalue weighted by Crippen LogP contribution is -2.28. The fraction of sp³-hybridized carbons (Fsp3) is 0.438. The number of fused-ring (bicyclic) bond motifs is 1. The van der Waals surface area contributed by atoms with Gasteiger partial charge >= 0.3 is 0 Å². The summed E-state index contributed by atoms with van der Waals surface area (Å²) in [7, 11) is 0. The van der Waals surface area contributed by atoms with Crippen molar-refractivity contribution < 1.29 is 4.52 Å². The van der Waals surface area contributed by atoms with Crippen LogP contribution in [0.25, 0.3) is 0 Å². The van der Waals surface area contributed by atoms with E-state index in [4.69, 9.17) is 15.8 Å². The average molecular weight is 312 g/mol. The summed E-state index contributed by atoms with van der Waals surface area (Å²) in [6.07, 6.45) is -0.757. The van der Waals surface area contributed by atoms with Gasteiger partial charge < -0.3 is 20.1 Å². The molecule has 2 aromatic rings.